The third kappa shape index (κ3) is 3.82. The molecular formula is C47H32. The molecule has 0 aliphatic heterocycles. The summed E-state index contributed by atoms with van der Waals surface area (Å²) >= 11 is 0. The Balaban J connectivity index is 1.05. The molecule has 1 aliphatic carbocycles. The van der Waals surface area contributed by atoms with E-state index < -0.39 is 0 Å². The summed E-state index contributed by atoms with van der Waals surface area (Å²) in [7, 11) is 0. The van der Waals surface area contributed by atoms with Gasteiger partial charge in [-0.05, 0) is 117 Å². The zero-order chi connectivity index (χ0) is 31.3. The molecule has 0 unspecified atom stereocenters. The first kappa shape index (κ1) is 26.5. The van der Waals surface area contributed by atoms with Crippen LogP contribution >= 0.6 is 0 Å². The molecule has 10 rings (SSSR count). The second-order valence-electron chi connectivity index (χ2n) is 13.7. The molecule has 0 heteroatoms. The summed E-state index contributed by atoms with van der Waals surface area (Å²) in [4.78, 5) is 0. The quantitative estimate of drug-likeness (QED) is 0.178. The Morgan fingerprint density at radius 1 is 0.319 bits per heavy atom. The van der Waals surface area contributed by atoms with E-state index in [1.165, 1.54) is 98.7 Å². The van der Waals surface area contributed by atoms with Crippen LogP contribution in [0, 0.1) is 0 Å². The maximum absolute atomic E-state index is 2.42. The summed E-state index contributed by atoms with van der Waals surface area (Å²) in [5.74, 6) is 0. The Bertz CT molecular complexity index is 2670. The fourth-order valence-corrected chi connectivity index (χ4v) is 8.38. The summed E-state index contributed by atoms with van der Waals surface area (Å²) in [6, 6.07) is 58.9. The van der Waals surface area contributed by atoms with Gasteiger partial charge in [0, 0.05) is 5.41 Å². The van der Waals surface area contributed by atoms with Crippen molar-refractivity contribution in [1.82, 2.24) is 0 Å². The minimum Gasteiger partial charge on any atom is -0.0616 e. The lowest BCUT2D eigenvalue weighted by Gasteiger charge is -2.22. The fourth-order valence-electron chi connectivity index (χ4n) is 8.38. The SMILES string of the molecule is CC1(C)c2cc(-c3ccc(-c4ccccc4-c4ccc5ccc6cccc7ccc4c5c67)cc3)ccc2-c2cc3ccccc3cc21. The predicted molar refractivity (Wildman–Crippen MR) is 202 cm³/mol. The van der Waals surface area contributed by atoms with Crippen LogP contribution in [0.3, 0.4) is 0 Å². The lowest BCUT2D eigenvalue weighted by molar-refractivity contribution is 0.661. The van der Waals surface area contributed by atoms with Gasteiger partial charge in [0.2, 0.25) is 0 Å². The standard InChI is InChI=1S/C47H32/c1-47(2)43-28-36(22-24-40(43)42-26-34-8-3-4-9-35(34)27-44(42)47)29-14-16-30(17-15-29)37-12-5-6-13-38(37)39-23-20-33-19-18-31-10-7-11-32-21-25-41(39)46(33)45(31)32/h3-28H,1-2H3. The minimum atomic E-state index is -0.0513. The van der Waals surface area contributed by atoms with Gasteiger partial charge in [-0.2, -0.15) is 0 Å². The largest absolute Gasteiger partial charge is 0.0616 e. The van der Waals surface area contributed by atoms with E-state index in [1.807, 2.05) is 0 Å². The van der Waals surface area contributed by atoms with E-state index >= 15 is 0 Å². The Labute approximate surface area is 274 Å². The average molecular weight is 597 g/mol. The summed E-state index contributed by atoms with van der Waals surface area (Å²) in [6.07, 6.45) is 0. The van der Waals surface area contributed by atoms with E-state index in [-0.39, 0.29) is 5.41 Å². The van der Waals surface area contributed by atoms with E-state index in [2.05, 4.69) is 172 Å². The molecule has 0 saturated carbocycles. The van der Waals surface area contributed by atoms with Gasteiger partial charge in [0.25, 0.3) is 0 Å². The molecule has 0 heterocycles. The van der Waals surface area contributed by atoms with Gasteiger partial charge >= 0.3 is 0 Å². The van der Waals surface area contributed by atoms with Crippen LogP contribution in [0.4, 0.5) is 0 Å². The summed E-state index contributed by atoms with van der Waals surface area (Å²) in [6.45, 7) is 4.74. The lowest BCUT2D eigenvalue weighted by Crippen LogP contribution is -2.15. The third-order valence-corrected chi connectivity index (χ3v) is 10.8. The van der Waals surface area contributed by atoms with Crippen LogP contribution in [0.5, 0.6) is 0 Å². The number of rotatable bonds is 3. The lowest BCUT2D eigenvalue weighted by atomic mass is 9.81. The van der Waals surface area contributed by atoms with Crippen molar-refractivity contribution in [3.63, 3.8) is 0 Å². The normalized spacial score (nSPS) is 13.5. The molecule has 0 saturated heterocycles. The van der Waals surface area contributed by atoms with Gasteiger partial charge in [-0.25, -0.2) is 0 Å². The number of benzene rings is 9. The second-order valence-corrected chi connectivity index (χ2v) is 13.7. The zero-order valence-electron chi connectivity index (χ0n) is 26.5. The van der Waals surface area contributed by atoms with Gasteiger partial charge in [0.15, 0.2) is 0 Å². The minimum absolute atomic E-state index is 0.0513. The van der Waals surface area contributed by atoms with Crippen molar-refractivity contribution in [3.05, 3.63) is 169 Å². The highest BCUT2D eigenvalue weighted by Gasteiger charge is 2.35. The Morgan fingerprint density at radius 3 is 1.66 bits per heavy atom. The molecule has 47 heavy (non-hydrogen) atoms. The molecule has 9 aromatic carbocycles. The predicted octanol–water partition coefficient (Wildman–Crippen LogP) is 13.0. The van der Waals surface area contributed by atoms with Crippen LogP contribution in [-0.2, 0) is 5.41 Å². The molecule has 0 radical (unpaired) electrons. The number of hydrogen-bond donors (Lipinski definition) is 0. The second kappa shape index (κ2) is 9.64. The van der Waals surface area contributed by atoms with Gasteiger partial charge in [-0.15, -0.1) is 0 Å². The van der Waals surface area contributed by atoms with Crippen LogP contribution in [0.2, 0.25) is 0 Å². The van der Waals surface area contributed by atoms with Crippen molar-refractivity contribution in [2.45, 2.75) is 19.3 Å². The van der Waals surface area contributed by atoms with Gasteiger partial charge in [0.05, 0.1) is 0 Å². The van der Waals surface area contributed by atoms with Gasteiger partial charge < -0.3 is 0 Å². The van der Waals surface area contributed by atoms with Crippen molar-refractivity contribution in [3.8, 4) is 44.5 Å². The first-order chi connectivity index (χ1) is 23.0. The van der Waals surface area contributed by atoms with Crippen molar-refractivity contribution >= 4 is 43.1 Å². The molecule has 0 atom stereocenters. The molecule has 0 aromatic heterocycles. The van der Waals surface area contributed by atoms with Crippen LogP contribution in [0.15, 0.2) is 158 Å². The smallest absolute Gasteiger partial charge is 0.0159 e. The monoisotopic (exact) mass is 596 g/mol. The zero-order valence-corrected chi connectivity index (χ0v) is 26.5. The van der Waals surface area contributed by atoms with Crippen molar-refractivity contribution in [1.29, 1.82) is 0 Å². The highest BCUT2D eigenvalue weighted by molar-refractivity contribution is 6.25. The van der Waals surface area contributed by atoms with Crippen molar-refractivity contribution in [2.75, 3.05) is 0 Å². The third-order valence-electron chi connectivity index (χ3n) is 10.8. The summed E-state index contributed by atoms with van der Waals surface area (Å²) in [5, 5.41) is 10.5. The van der Waals surface area contributed by atoms with E-state index in [4.69, 9.17) is 0 Å². The highest BCUT2D eigenvalue weighted by atomic mass is 14.4. The first-order valence-corrected chi connectivity index (χ1v) is 16.6. The van der Waals surface area contributed by atoms with Crippen LogP contribution in [0.25, 0.3) is 87.6 Å². The van der Waals surface area contributed by atoms with E-state index in [9.17, 15) is 0 Å². The van der Waals surface area contributed by atoms with E-state index in [0.717, 1.165) is 0 Å². The van der Waals surface area contributed by atoms with Gasteiger partial charge in [0.1, 0.15) is 0 Å². The average Bonchev–Trinajstić information content (AvgIpc) is 3.34. The van der Waals surface area contributed by atoms with Gasteiger partial charge in [-0.1, -0.05) is 153 Å². The fraction of sp³-hybridized carbons (Fsp3) is 0.0638. The summed E-state index contributed by atoms with van der Waals surface area (Å²) < 4.78 is 0. The van der Waals surface area contributed by atoms with Crippen molar-refractivity contribution < 1.29 is 0 Å². The highest BCUT2D eigenvalue weighted by Crippen LogP contribution is 2.51. The molecule has 9 aromatic rings. The summed E-state index contributed by atoms with van der Waals surface area (Å²) in [5.41, 5.74) is 13.0. The van der Waals surface area contributed by atoms with Crippen molar-refractivity contribution in [2.24, 2.45) is 0 Å². The first-order valence-electron chi connectivity index (χ1n) is 16.6. The van der Waals surface area contributed by atoms with Crippen LogP contribution in [-0.4, -0.2) is 0 Å². The molecule has 0 spiro atoms. The molecular weight excluding hydrogens is 565 g/mol. The maximum atomic E-state index is 2.42. The molecule has 0 N–H and O–H groups in total. The molecule has 0 bridgehead atoms. The van der Waals surface area contributed by atoms with E-state index in [1.54, 1.807) is 0 Å². The molecule has 0 fully saturated rings. The Morgan fingerprint density at radius 2 is 0.872 bits per heavy atom. The molecule has 0 amide bonds. The van der Waals surface area contributed by atoms with Gasteiger partial charge in [-0.3, -0.25) is 0 Å². The van der Waals surface area contributed by atoms with E-state index in [0.29, 0.717) is 0 Å². The molecule has 0 nitrogen and oxygen atoms in total. The number of hydrogen-bond acceptors (Lipinski definition) is 0. The topological polar surface area (TPSA) is 0 Å². The molecule has 220 valence electrons. The Hall–Kier alpha value is -5.72. The Kier molecular flexibility index (Phi) is 5.44. The molecule has 1 aliphatic rings. The number of fused-ring (bicyclic) bond motifs is 4. The van der Waals surface area contributed by atoms with Crippen LogP contribution in [0.1, 0.15) is 25.0 Å². The maximum Gasteiger partial charge on any atom is 0.0159 e. The van der Waals surface area contributed by atoms with Crippen LogP contribution < -0.4 is 0 Å².